The van der Waals surface area contributed by atoms with Crippen molar-refractivity contribution < 1.29 is 4.57 Å². The Kier molecular flexibility index (Phi) is 10.1. The normalized spacial score (nSPS) is 11.8. The van der Waals surface area contributed by atoms with Gasteiger partial charge in [0.1, 0.15) is 0 Å². The number of pyridine rings is 1. The van der Waals surface area contributed by atoms with E-state index in [0.29, 0.717) is 0 Å². The van der Waals surface area contributed by atoms with Crippen molar-refractivity contribution in [3.05, 3.63) is 96.7 Å². The Hall–Kier alpha value is -3.49. The Morgan fingerprint density at radius 3 is 2.47 bits per heavy atom. The van der Waals surface area contributed by atoms with Crippen molar-refractivity contribution in [2.24, 2.45) is 10.2 Å². The summed E-state index contributed by atoms with van der Waals surface area (Å²) >= 11 is 0. The van der Waals surface area contributed by atoms with Crippen LogP contribution in [0.2, 0.25) is 0 Å². The van der Waals surface area contributed by atoms with Crippen LogP contribution in [0.5, 0.6) is 0 Å². The van der Waals surface area contributed by atoms with Crippen molar-refractivity contribution in [3.8, 4) is 0 Å². The van der Waals surface area contributed by atoms with Crippen LogP contribution in [0, 0.1) is 0 Å². The van der Waals surface area contributed by atoms with Crippen LogP contribution in [-0.4, -0.2) is 32.1 Å². The Morgan fingerprint density at radius 2 is 1.68 bits per heavy atom. The topological polar surface area (TPSA) is 69.9 Å². The minimum Gasteiger partial charge on any atom is -0.398 e. The van der Waals surface area contributed by atoms with Gasteiger partial charge in [-0.1, -0.05) is 58.0 Å². The van der Waals surface area contributed by atoms with Gasteiger partial charge >= 0.3 is 0 Å². The van der Waals surface area contributed by atoms with Crippen molar-refractivity contribution in [3.63, 3.8) is 0 Å². The summed E-state index contributed by atoms with van der Waals surface area (Å²) in [5.41, 5.74) is 13.1. The number of nitrogen functional groups attached to an aromatic ring is 1. The highest BCUT2D eigenvalue weighted by atomic mass is 33.1. The van der Waals surface area contributed by atoms with Gasteiger partial charge in [0.25, 0.3) is 0 Å². The van der Waals surface area contributed by atoms with Crippen LogP contribution in [0.4, 0.5) is 22.7 Å². The van der Waals surface area contributed by atoms with Crippen LogP contribution in [-0.2, 0) is 6.54 Å². The number of fused-ring (bicyclic) bond motifs is 1. The van der Waals surface area contributed by atoms with Crippen molar-refractivity contribution >= 4 is 60.9 Å². The first-order valence-electron chi connectivity index (χ1n) is 12.7. The lowest BCUT2D eigenvalue weighted by Gasteiger charge is -2.12. The fraction of sp³-hybridized carbons (Fsp3) is 0.233. The zero-order valence-electron chi connectivity index (χ0n) is 22.2. The number of nitrogens with zero attached hydrogens (tertiary/aromatic N) is 4. The molecule has 0 atom stereocenters. The van der Waals surface area contributed by atoms with E-state index in [-0.39, 0.29) is 0 Å². The van der Waals surface area contributed by atoms with Gasteiger partial charge in [-0.05, 0) is 43.3 Å². The summed E-state index contributed by atoms with van der Waals surface area (Å²) in [5, 5.41) is 13.7. The van der Waals surface area contributed by atoms with Crippen molar-refractivity contribution in [1.29, 1.82) is 0 Å². The number of nitrogens with two attached hydrogens (primary N) is 1. The SMILES string of the molecule is C/C=C(/N=Nc1ccc(N(C)C)cc1)c1ccccc1NCCSSCC[n+]1ccc(N)c2ccccc21. The smallest absolute Gasteiger partial charge is 0.214 e. The highest BCUT2D eigenvalue weighted by Crippen LogP contribution is 2.28. The number of benzene rings is 3. The molecule has 0 bridgehead atoms. The molecule has 0 amide bonds. The molecule has 3 aromatic carbocycles. The number of hydrogen-bond acceptors (Lipinski definition) is 7. The van der Waals surface area contributed by atoms with E-state index < -0.39 is 0 Å². The van der Waals surface area contributed by atoms with Crippen LogP contribution >= 0.6 is 21.6 Å². The van der Waals surface area contributed by atoms with E-state index in [1.165, 1.54) is 5.52 Å². The summed E-state index contributed by atoms with van der Waals surface area (Å²) in [6, 6.07) is 26.6. The molecule has 0 aliphatic rings. The third-order valence-corrected chi connectivity index (χ3v) is 8.46. The molecule has 1 aromatic heterocycles. The largest absolute Gasteiger partial charge is 0.398 e. The number of hydrogen-bond donors (Lipinski definition) is 2. The fourth-order valence-electron chi connectivity index (χ4n) is 4.04. The zero-order chi connectivity index (χ0) is 26.7. The highest BCUT2D eigenvalue weighted by Gasteiger charge is 2.10. The average molecular weight is 544 g/mol. The van der Waals surface area contributed by atoms with Gasteiger partial charge in [-0.2, -0.15) is 14.8 Å². The molecule has 1 heterocycles. The molecule has 4 aromatic rings. The predicted molar refractivity (Wildman–Crippen MR) is 167 cm³/mol. The van der Waals surface area contributed by atoms with E-state index in [4.69, 9.17) is 5.73 Å². The maximum Gasteiger partial charge on any atom is 0.214 e. The quantitative estimate of drug-likeness (QED) is 0.0842. The van der Waals surface area contributed by atoms with Crippen molar-refractivity contribution in [2.45, 2.75) is 13.5 Å². The van der Waals surface area contributed by atoms with Gasteiger partial charge in [0.05, 0.1) is 28.2 Å². The van der Waals surface area contributed by atoms with Gasteiger partial charge in [-0.3, -0.25) is 0 Å². The van der Waals surface area contributed by atoms with Crippen LogP contribution in [0.25, 0.3) is 16.6 Å². The number of aromatic nitrogens is 1. The molecule has 0 saturated carbocycles. The lowest BCUT2D eigenvalue weighted by atomic mass is 10.1. The lowest BCUT2D eigenvalue weighted by molar-refractivity contribution is -0.666. The summed E-state index contributed by atoms with van der Waals surface area (Å²) in [7, 11) is 7.83. The molecular formula is C30H35N6S2+. The van der Waals surface area contributed by atoms with E-state index in [9.17, 15) is 0 Å². The molecule has 0 spiro atoms. The molecule has 4 rings (SSSR count). The number of aryl methyl sites for hydroxylation is 1. The maximum absolute atomic E-state index is 6.13. The predicted octanol–water partition coefficient (Wildman–Crippen LogP) is 7.41. The number of anilines is 3. The van der Waals surface area contributed by atoms with E-state index in [1.807, 2.05) is 97.2 Å². The molecule has 0 saturated heterocycles. The van der Waals surface area contributed by atoms with Crippen LogP contribution in [0.1, 0.15) is 12.5 Å². The third kappa shape index (κ3) is 7.30. The summed E-state index contributed by atoms with van der Waals surface area (Å²) in [6.45, 7) is 3.81. The molecule has 0 aliphatic carbocycles. The maximum atomic E-state index is 6.13. The van der Waals surface area contributed by atoms with Gasteiger partial charge < -0.3 is 16.0 Å². The first kappa shape index (κ1) is 27.5. The first-order chi connectivity index (χ1) is 18.6. The van der Waals surface area contributed by atoms with Gasteiger partial charge in [0, 0.05) is 55.5 Å². The first-order valence-corrected chi connectivity index (χ1v) is 15.2. The minimum absolute atomic E-state index is 0.825. The summed E-state index contributed by atoms with van der Waals surface area (Å²) in [6.07, 6.45) is 4.08. The molecule has 38 heavy (non-hydrogen) atoms. The Bertz CT molecular complexity index is 1400. The number of rotatable bonds is 12. The number of azo groups is 1. The van der Waals surface area contributed by atoms with Gasteiger partial charge in [-0.25, -0.2) is 0 Å². The van der Waals surface area contributed by atoms with E-state index in [0.717, 1.165) is 64.0 Å². The third-order valence-electron chi connectivity index (χ3n) is 6.07. The molecule has 8 heteroatoms. The second-order valence-electron chi connectivity index (χ2n) is 8.88. The number of allylic oxidation sites excluding steroid dienone is 1. The van der Waals surface area contributed by atoms with Gasteiger partial charge in [-0.15, -0.1) is 0 Å². The number of nitrogens with one attached hydrogen (secondary N) is 1. The molecular weight excluding hydrogens is 509 g/mol. The molecule has 0 radical (unpaired) electrons. The average Bonchev–Trinajstić information content (AvgIpc) is 2.95. The lowest BCUT2D eigenvalue weighted by Crippen LogP contribution is -2.35. The van der Waals surface area contributed by atoms with E-state index >= 15 is 0 Å². The molecule has 0 unspecified atom stereocenters. The van der Waals surface area contributed by atoms with Crippen molar-refractivity contribution in [2.75, 3.05) is 48.1 Å². The zero-order valence-corrected chi connectivity index (χ0v) is 23.8. The van der Waals surface area contributed by atoms with Crippen LogP contribution < -0.4 is 20.5 Å². The van der Waals surface area contributed by atoms with E-state index in [1.54, 1.807) is 0 Å². The van der Waals surface area contributed by atoms with Crippen LogP contribution in [0.15, 0.2) is 101 Å². The molecule has 0 aliphatic heterocycles. The minimum atomic E-state index is 0.825. The van der Waals surface area contributed by atoms with Gasteiger partial charge in [0.2, 0.25) is 5.52 Å². The summed E-state index contributed by atoms with van der Waals surface area (Å²) in [5.74, 6) is 2.02. The van der Waals surface area contributed by atoms with E-state index in [2.05, 4.69) is 61.5 Å². The second-order valence-corrected chi connectivity index (χ2v) is 11.6. The highest BCUT2D eigenvalue weighted by molar-refractivity contribution is 8.76. The second kappa shape index (κ2) is 13.9. The number of para-hydroxylation sites is 2. The Morgan fingerprint density at radius 1 is 0.947 bits per heavy atom. The molecule has 196 valence electrons. The Balaban J connectivity index is 1.26. The summed E-state index contributed by atoms with van der Waals surface area (Å²) in [4.78, 5) is 2.07. The summed E-state index contributed by atoms with van der Waals surface area (Å²) < 4.78 is 2.28. The standard InChI is InChI=1S/C30H34N6S2/c1-4-28(34-33-23-13-15-24(16-14-23)35(2)3)26-10-5-7-11-29(26)32-18-21-37-38-22-20-36-19-17-27(31)25-9-6-8-12-30(25)36/h4-17,19,31-32H,18,20-22H2,1-3H3/p+1/b28-4+,34-33?. The molecule has 0 fully saturated rings. The molecule has 3 N–H and O–H groups in total. The fourth-order valence-corrected chi connectivity index (χ4v) is 5.91. The Labute approximate surface area is 233 Å². The van der Waals surface area contributed by atoms with Crippen LogP contribution in [0.3, 0.4) is 0 Å². The van der Waals surface area contributed by atoms with Gasteiger partial charge in [0.15, 0.2) is 12.7 Å². The monoisotopic (exact) mass is 543 g/mol. The van der Waals surface area contributed by atoms with Crippen molar-refractivity contribution in [1.82, 2.24) is 0 Å². The molecule has 6 nitrogen and oxygen atoms in total.